The van der Waals surface area contributed by atoms with Gasteiger partial charge in [0.1, 0.15) is 23.7 Å². The summed E-state index contributed by atoms with van der Waals surface area (Å²) in [4.78, 5) is 0. The minimum absolute atomic E-state index is 0.216. The lowest BCUT2D eigenvalue weighted by Gasteiger charge is -2.19. The minimum atomic E-state index is -0.216. The molecule has 1 fully saturated rings. The average Bonchev–Trinajstić information content (AvgIpc) is 2.75. The maximum atomic E-state index is 5.68. The molecule has 0 radical (unpaired) electrons. The van der Waals surface area contributed by atoms with Gasteiger partial charge in [-0.25, -0.2) is 0 Å². The van der Waals surface area contributed by atoms with Crippen molar-refractivity contribution in [1.82, 2.24) is 0 Å². The van der Waals surface area contributed by atoms with Crippen molar-refractivity contribution in [3.63, 3.8) is 0 Å². The lowest BCUT2D eigenvalue weighted by atomic mass is 10.0. The van der Waals surface area contributed by atoms with Gasteiger partial charge in [0.25, 0.3) is 0 Å². The lowest BCUT2D eigenvalue weighted by Crippen LogP contribution is -2.18. The molecule has 1 aromatic heterocycles. The highest BCUT2D eigenvalue weighted by atomic mass is 16.5. The number of furan rings is 1. The Balaban J connectivity index is 2.15. The van der Waals surface area contributed by atoms with Crippen molar-refractivity contribution in [3.05, 3.63) is 23.7 Å². The molecule has 14 heavy (non-hydrogen) atoms. The second-order valence-electron chi connectivity index (χ2n) is 3.88. The fraction of sp³-hybridized carbons (Fsp3) is 0.636. The quantitative estimate of drug-likeness (QED) is 0.744. The summed E-state index contributed by atoms with van der Waals surface area (Å²) in [6.45, 7) is 3.43. The Labute approximate surface area is 84.0 Å². The van der Waals surface area contributed by atoms with E-state index in [9.17, 15) is 0 Å². The summed E-state index contributed by atoms with van der Waals surface area (Å²) in [5.74, 6) is 1.78. The Bertz CT molecular complexity index is 297. The smallest absolute Gasteiger partial charge is 0.135 e. The zero-order valence-corrected chi connectivity index (χ0v) is 8.71. The summed E-state index contributed by atoms with van der Waals surface area (Å²) in [5, 5.41) is 0. The molecule has 3 heteroatoms. The van der Waals surface area contributed by atoms with Crippen LogP contribution in [0.2, 0.25) is 0 Å². The van der Waals surface area contributed by atoms with Crippen molar-refractivity contribution in [2.45, 2.75) is 32.0 Å². The summed E-state index contributed by atoms with van der Waals surface area (Å²) in [6, 6.07) is 3.94. The summed E-state index contributed by atoms with van der Waals surface area (Å²) in [6.07, 6.45) is 2.14. The molecule has 0 spiro atoms. The van der Waals surface area contributed by atoms with Gasteiger partial charge in [0.05, 0.1) is 0 Å². The van der Waals surface area contributed by atoms with Crippen LogP contribution in [0.25, 0.3) is 0 Å². The van der Waals surface area contributed by atoms with Gasteiger partial charge in [0, 0.05) is 13.7 Å². The van der Waals surface area contributed by atoms with Gasteiger partial charge in [-0.2, -0.15) is 0 Å². The van der Waals surface area contributed by atoms with E-state index in [1.54, 1.807) is 7.11 Å². The molecule has 1 saturated heterocycles. The summed E-state index contributed by atoms with van der Waals surface area (Å²) < 4.78 is 16.3. The van der Waals surface area contributed by atoms with E-state index in [1.165, 1.54) is 0 Å². The van der Waals surface area contributed by atoms with Gasteiger partial charge in [0.15, 0.2) is 0 Å². The normalized spacial score (nSPS) is 27.0. The van der Waals surface area contributed by atoms with E-state index in [0.29, 0.717) is 6.61 Å². The molecule has 0 bridgehead atoms. The standard InChI is InChI=1S/C11H16O3/c1-11(6-3-7-13-11)10-5-4-9(14-10)8-12-2/h4-5H,3,6-8H2,1-2H3. The van der Waals surface area contributed by atoms with Gasteiger partial charge in [0.2, 0.25) is 0 Å². The predicted octanol–water partition coefficient (Wildman–Crippen LogP) is 2.45. The predicted molar refractivity (Wildman–Crippen MR) is 52.0 cm³/mol. The molecule has 0 amide bonds. The van der Waals surface area contributed by atoms with Gasteiger partial charge in [-0.05, 0) is 31.9 Å². The molecule has 0 saturated carbocycles. The maximum absolute atomic E-state index is 5.68. The van der Waals surface area contributed by atoms with Crippen LogP contribution in [-0.2, 0) is 21.7 Å². The number of ether oxygens (including phenoxy) is 2. The van der Waals surface area contributed by atoms with Crippen LogP contribution >= 0.6 is 0 Å². The zero-order valence-electron chi connectivity index (χ0n) is 8.71. The third kappa shape index (κ3) is 1.70. The Morgan fingerprint density at radius 1 is 1.50 bits per heavy atom. The van der Waals surface area contributed by atoms with Crippen molar-refractivity contribution in [2.24, 2.45) is 0 Å². The first-order valence-corrected chi connectivity index (χ1v) is 4.97. The highest BCUT2D eigenvalue weighted by Crippen LogP contribution is 2.36. The fourth-order valence-corrected chi connectivity index (χ4v) is 1.86. The number of hydrogen-bond acceptors (Lipinski definition) is 3. The second-order valence-corrected chi connectivity index (χ2v) is 3.88. The topological polar surface area (TPSA) is 31.6 Å². The fourth-order valence-electron chi connectivity index (χ4n) is 1.86. The third-order valence-electron chi connectivity index (χ3n) is 2.69. The van der Waals surface area contributed by atoms with Crippen LogP contribution in [0.3, 0.4) is 0 Å². The number of rotatable bonds is 3. The molecule has 0 aliphatic carbocycles. The van der Waals surface area contributed by atoms with Gasteiger partial charge in [-0.3, -0.25) is 0 Å². The van der Waals surface area contributed by atoms with Crippen LogP contribution in [0.1, 0.15) is 31.3 Å². The van der Waals surface area contributed by atoms with Crippen LogP contribution in [-0.4, -0.2) is 13.7 Å². The number of hydrogen-bond donors (Lipinski definition) is 0. The Morgan fingerprint density at radius 2 is 2.36 bits per heavy atom. The van der Waals surface area contributed by atoms with E-state index in [-0.39, 0.29) is 5.60 Å². The van der Waals surface area contributed by atoms with Crippen molar-refractivity contribution >= 4 is 0 Å². The van der Waals surface area contributed by atoms with E-state index in [1.807, 2.05) is 12.1 Å². The lowest BCUT2D eigenvalue weighted by molar-refractivity contribution is -0.00294. The van der Waals surface area contributed by atoms with Crippen molar-refractivity contribution < 1.29 is 13.9 Å². The first-order valence-electron chi connectivity index (χ1n) is 4.97. The first-order chi connectivity index (χ1) is 6.74. The SMILES string of the molecule is COCc1ccc(C2(C)CCCO2)o1. The van der Waals surface area contributed by atoms with E-state index in [0.717, 1.165) is 31.0 Å². The molecular formula is C11H16O3. The van der Waals surface area contributed by atoms with Crippen LogP contribution in [0.4, 0.5) is 0 Å². The first kappa shape index (κ1) is 9.74. The highest BCUT2D eigenvalue weighted by molar-refractivity contribution is 5.14. The number of methoxy groups -OCH3 is 1. The van der Waals surface area contributed by atoms with Crippen molar-refractivity contribution in [2.75, 3.05) is 13.7 Å². The molecule has 2 rings (SSSR count). The van der Waals surface area contributed by atoms with Crippen LogP contribution in [0, 0.1) is 0 Å². The average molecular weight is 196 g/mol. The van der Waals surface area contributed by atoms with Crippen LogP contribution < -0.4 is 0 Å². The van der Waals surface area contributed by atoms with Crippen molar-refractivity contribution in [1.29, 1.82) is 0 Å². The van der Waals surface area contributed by atoms with E-state index in [4.69, 9.17) is 13.9 Å². The Kier molecular flexibility index (Phi) is 2.61. The Hall–Kier alpha value is -0.800. The molecule has 1 aliphatic heterocycles. The molecule has 3 nitrogen and oxygen atoms in total. The van der Waals surface area contributed by atoms with E-state index >= 15 is 0 Å². The summed E-state index contributed by atoms with van der Waals surface area (Å²) >= 11 is 0. The molecule has 1 atom stereocenters. The summed E-state index contributed by atoms with van der Waals surface area (Å²) in [7, 11) is 1.66. The van der Waals surface area contributed by atoms with Gasteiger partial charge >= 0.3 is 0 Å². The maximum Gasteiger partial charge on any atom is 0.135 e. The molecule has 1 aromatic rings. The zero-order chi connectivity index (χ0) is 10.0. The van der Waals surface area contributed by atoms with Crippen LogP contribution in [0.5, 0.6) is 0 Å². The Morgan fingerprint density at radius 3 is 3.00 bits per heavy atom. The third-order valence-corrected chi connectivity index (χ3v) is 2.69. The minimum Gasteiger partial charge on any atom is -0.461 e. The largest absolute Gasteiger partial charge is 0.461 e. The molecule has 0 aromatic carbocycles. The molecule has 2 heterocycles. The highest BCUT2D eigenvalue weighted by Gasteiger charge is 2.34. The van der Waals surface area contributed by atoms with E-state index in [2.05, 4.69) is 6.92 Å². The summed E-state index contributed by atoms with van der Waals surface area (Å²) in [5.41, 5.74) is -0.216. The molecular weight excluding hydrogens is 180 g/mol. The second kappa shape index (κ2) is 3.75. The monoisotopic (exact) mass is 196 g/mol. The molecule has 1 unspecified atom stereocenters. The molecule has 1 aliphatic rings. The van der Waals surface area contributed by atoms with Gasteiger partial charge in [-0.15, -0.1) is 0 Å². The molecule has 78 valence electrons. The van der Waals surface area contributed by atoms with Gasteiger partial charge in [-0.1, -0.05) is 0 Å². The van der Waals surface area contributed by atoms with E-state index < -0.39 is 0 Å². The molecule has 0 N–H and O–H groups in total. The van der Waals surface area contributed by atoms with Crippen molar-refractivity contribution in [3.8, 4) is 0 Å². The van der Waals surface area contributed by atoms with Gasteiger partial charge < -0.3 is 13.9 Å². The van der Waals surface area contributed by atoms with Crippen LogP contribution in [0.15, 0.2) is 16.5 Å².